The number of esters is 1. The average Bonchev–Trinajstić information content (AvgIpc) is 2.30. The molecular weight excluding hydrogens is 270 g/mol. The number of para-hydroxylation sites is 1. The highest BCUT2D eigenvalue weighted by atomic mass is 35.5. The van der Waals surface area contributed by atoms with Crippen LogP contribution in [-0.4, -0.2) is 30.1 Å². The molecule has 0 aliphatic carbocycles. The van der Waals surface area contributed by atoms with Gasteiger partial charge in [-0.1, -0.05) is 26.0 Å². The number of carboxylic acid groups (broad SMARTS) is 1. The van der Waals surface area contributed by atoms with Crippen molar-refractivity contribution in [2.75, 3.05) is 13.1 Å². The molecule has 0 saturated heterocycles. The van der Waals surface area contributed by atoms with Crippen LogP contribution in [0.3, 0.4) is 0 Å². The topological polar surface area (TPSA) is 75.6 Å². The van der Waals surface area contributed by atoms with Crippen LogP contribution >= 0.6 is 12.4 Å². The lowest BCUT2D eigenvalue weighted by molar-refractivity contribution is -0.131. The number of nitrogens with one attached hydrogen (secondary N) is 1. The summed E-state index contributed by atoms with van der Waals surface area (Å²) in [6.07, 6.45) is 0. The fourth-order valence-corrected chi connectivity index (χ4v) is 1.14. The lowest BCUT2D eigenvalue weighted by Gasteiger charge is -2.03. The predicted octanol–water partition coefficient (Wildman–Crippen LogP) is 2.35. The minimum Gasteiger partial charge on any atom is -0.478 e. The summed E-state index contributed by atoms with van der Waals surface area (Å²) in [4.78, 5) is 21.2. The first-order valence-electron chi connectivity index (χ1n) is 5.74. The molecule has 1 rings (SSSR count). The van der Waals surface area contributed by atoms with Gasteiger partial charge < -0.3 is 15.2 Å². The molecule has 1 aromatic rings. The predicted molar refractivity (Wildman–Crippen MR) is 76.2 cm³/mol. The molecule has 0 aliphatic rings. The van der Waals surface area contributed by atoms with Gasteiger partial charge in [0.25, 0.3) is 0 Å². The van der Waals surface area contributed by atoms with Crippen molar-refractivity contribution in [2.45, 2.75) is 20.8 Å². The number of halogens is 1. The van der Waals surface area contributed by atoms with E-state index in [-0.39, 0.29) is 23.7 Å². The Morgan fingerprint density at radius 1 is 1.21 bits per heavy atom. The van der Waals surface area contributed by atoms with Crippen molar-refractivity contribution < 1.29 is 19.4 Å². The van der Waals surface area contributed by atoms with E-state index in [0.29, 0.717) is 0 Å². The Kier molecular flexibility index (Phi) is 11.9. The molecular formula is C13H20ClNO4. The van der Waals surface area contributed by atoms with Gasteiger partial charge in [-0.05, 0) is 25.2 Å². The van der Waals surface area contributed by atoms with Gasteiger partial charge in [0.1, 0.15) is 11.3 Å². The van der Waals surface area contributed by atoms with Crippen LogP contribution in [0.15, 0.2) is 24.3 Å². The van der Waals surface area contributed by atoms with Gasteiger partial charge in [0.2, 0.25) is 0 Å². The standard InChI is InChI=1S/C9H8O4.C4H11N.ClH/c1-6(10)13-8-5-3-2-4-7(8)9(11)12;1-3-5-4-2;/h2-5H,1H3,(H,11,12);5H,3-4H2,1-2H3;1H. The minimum atomic E-state index is -1.11. The molecule has 0 saturated carbocycles. The van der Waals surface area contributed by atoms with E-state index in [4.69, 9.17) is 5.11 Å². The van der Waals surface area contributed by atoms with E-state index in [1.165, 1.54) is 19.1 Å². The fourth-order valence-electron chi connectivity index (χ4n) is 1.14. The van der Waals surface area contributed by atoms with Gasteiger partial charge in [0.15, 0.2) is 0 Å². The number of rotatable bonds is 4. The van der Waals surface area contributed by atoms with Crippen molar-refractivity contribution in [1.29, 1.82) is 0 Å². The van der Waals surface area contributed by atoms with Crippen LogP contribution in [-0.2, 0) is 4.79 Å². The second-order valence-electron chi connectivity index (χ2n) is 3.35. The molecule has 0 aliphatic heterocycles. The van der Waals surface area contributed by atoms with Crippen LogP contribution in [0.25, 0.3) is 0 Å². The Hall–Kier alpha value is -1.59. The molecule has 0 fully saturated rings. The van der Waals surface area contributed by atoms with Crippen LogP contribution in [0.1, 0.15) is 31.1 Å². The van der Waals surface area contributed by atoms with Gasteiger partial charge in [-0.2, -0.15) is 0 Å². The molecule has 0 amide bonds. The molecule has 0 spiro atoms. The quantitative estimate of drug-likeness (QED) is 0.657. The summed E-state index contributed by atoms with van der Waals surface area (Å²) in [5.41, 5.74) is -0.0160. The van der Waals surface area contributed by atoms with Gasteiger partial charge in [0, 0.05) is 6.92 Å². The van der Waals surface area contributed by atoms with Gasteiger partial charge in [0.05, 0.1) is 0 Å². The Bertz CT molecular complexity index is 394. The van der Waals surface area contributed by atoms with E-state index in [9.17, 15) is 9.59 Å². The summed E-state index contributed by atoms with van der Waals surface area (Å²) in [7, 11) is 0. The molecule has 0 aromatic heterocycles. The summed E-state index contributed by atoms with van der Waals surface area (Å²) < 4.78 is 4.69. The Labute approximate surface area is 119 Å². The third kappa shape index (κ3) is 9.04. The van der Waals surface area contributed by atoms with Crippen LogP contribution < -0.4 is 10.1 Å². The lowest BCUT2D eigenvalue weighted by Crippen LogP contribution is -2.09. The largest absolute Gasteiger partial charge is 0.478 e. The molecule has 0 bridgehead atoms. The molecule has 1 aromatic carbocycles. The van der Waals surface area contributed by atoms with Crippen molar-refractivity contribution >= 4 is 24.3 Å². The summed E-state index contributed by atoms with van der Waals surface area (Å²) in [5.74, 6) is -1.58. The summed E-state index contributed by atoms with van der Waals surface area (Å²) in [6.45, 7) is 7.61. The first-order chi connectivity index (χ1) is 8.52. The van der Waals surface area contributed by atoms with Crippen LogP contribution in [0, 0.1) is 0 Å². The molecule has 0 heterocycles. The van der Waals surface area contributed by atoms with E-state index in [1.54, 1.807) is 12.1 Å². The number of ether oxygens (including phenoxy) is 1. The Morgan fingerprint density at radius 2 is 1.74 bits per heavy atom. The Morgan fingerprint density at radius 3 is 2.11 bits per heavy atom. The van der Waals surface area contributed by atoms with Crippen molar-refractivity contribution in [3.63, 3.8) is 0 Å². The number of hydrogen-bond acceptors (Lipinski definition) is 4. The highest BCUT2D eigenvalue weighted by molar-refractivity contribution is 5.91. The first kappa shape index (κ1) is 19.7. The lowest BCUT2D eigenvalue weighted by atomic mass is 10.2. The van der Waals surface area contributed by atoms with Crippen molar-refractivity contribution in [1.82, 2.24) is 5.32 Å². The van der Waals surface area contributed by atoms with Gasteiger partial charge in [-0.25, -0.2) is 4.79 Å². The number of benzene rings is 1. The van der Waals surface area contributed by atoms with Crippen LogP contribution in [0.5, 0.6) is 5.75 Å². The molecule has 5 nitrogen and oxygen atoms in total. The maximum atomic E-state index is 10.6. The average molecular weight is 290 g/mol. The maximum absolute atomic E-state index is 10.6. The van der Waals surface area contributed by atoms with Crippen molar-refractivity contribution in [2.24, 2.45) is 0 Å². The molecule has 6 heteroatoms. The monoisotopic (exact) mass is 289 g/mol. The van der Waals surface area contributed by atoms with Crippen LogP contribution in [0.2, 0.25) is 0 Å². The van der Waals surface area contributed by atoms with E-state index in [2.05, 4.69) is 23.9 Å². The van der Waals surface area contributed by atoms with E-state index < -0.39 is 11.9 Å². The number of hydrogen-bond donors (Lipinski definition) is 2. The molecule has 0 radical (unpaired) electrons. The zero-order valence-electron chi connectivity index (χ0n) is 11.3. The van der Waals surface area contributed by atoms with Gasteiger partial charge in [-0.3, -0.25) is 4.79 Å². The minimum absolute atomic E-state index is 0. The van der Waals surface area contributed by atoms with Crippen molar-refractivity contribution in [3.05, 3.63) is 29.8 Å². The van der Waals surface area contributed by atoms with Gasteiger partial charge in [-0.15, -0.1) is 12.4 Å². The third-order valence-electron chi connectivity index (χ3n) is 1.87. The van der Waals surface area contributed by atoms with E-state index >= 15 is 0 Å². The van der Waals surface area contributed by atoms with E-state index in [1.807, 2.05) is 0 Å². The molecule has 0 unspecified atom stereocenters. The SMILES string of the molecule is CC(=O)Oc1ccccc1C(=O)O.CCNCC.Cl. The zero-order valence-corrected chi connectivity index (χ0v) is 12.1. The fraction of sp³-hybridized carbons (Fsp3) is 0.385. The smallest absolute Gasteiger partial charge is 0.339 e. The van der Waals surface area contributed by atoms with Crippen molar-refractivity contribution in [3.8, 4) is 5.75 Å². The second kappa shape index (κ2) is 11.5. The number of aromatic carboxylic acids is 1. The summed E-state index contributed by atoms with van der Waals surface area (Å²) in [6, 6.07) is 5.98. The molecule has 108 valence electrons. The number of carboxylic acids is 1. The molecule has 0 atom stereocenters. The number of carbonyl (C=O) groups excluding carboxylic acids is 1. The number of carbonyl (C=O) groups is 2. The highest BCUT2D eigenvalue weighted by Gasteiger charge is 2.10. The summed E-state index contributed by atoms with van der Waals surface area (Å²) >= 11 is 0. The van der Waals surface area contributed by atoms with E-state index in [0.717, 1.165) is 13.1 Å². The zero-order chi connectivity index (χ0) is 14.0. The molecule has 19 heavy (non-hydrogen) atoms. The Balaban J connectivity index is 0. The normalized spacial score (nSPS) is 8.58. The molecule has 2 N–H and O–H groups in total. The second-order valence-corrected chi connectivity index (χ2v) is 3.35. The third-order valence-corrected chi connectivity index (χ3v) is 1.87. The first-order valence-corrected chi connectivity index (χ1v) is 5.74. The maximum Gasteiger partial charge on any atom is 0.339 e. The van der Waals surface area contributed by atoms with Crippen LogP contribution in [0.4, 0.5) is 0 Å². The summed E-state index contributed by atoms with van der Waals surface area (Å²) in [5, 5.41) is 11.8. The highest BCUT2D eigenvalue weighted by Crippen LogP contribution is 2.17. The van der Waals surface area contributed by atoms with Gasteiger partial charge >= 0.3 is 11.9 Å².